The molecule has 1 rings (SSSR count). The Bertz CT molecular complexity index is 308. The van der Waals surface area contributed by atoms with Crippen molar-refractivity contribution in [2.45, 2.75) is 38.3 Å². The first-order valence-electron chi connectivity index (χ1n) is 6.09. The molecule has 0 aromatic rings. The fourth-order valence-electron chi connectivity index (χ4n) is 2.12. The molecule has 0 bridgehead atoms. The van der Waals surface area contributed by atoms with E-state index in [0.29, 0.717) is 13.1 Å². The van der Waals surface area contributed by atoms with E-state index >= 15 is 0 Å². The number of likely N-dealkylation sites (tertiary alicyclic amines) is 1. The summed E-state index contributed by atoms with van der Waals surface area (Å²) in [7, 11) is 1.89. The molecule has 0 aromatic heterocycles. The number of amides is 1. The van der Waals surface area contributed by atoms with Crippen LogP contribution in [-0.4, -0.2) is 49.1 Å². The molecule has 0 aliphatic carbocycles. The lowest BCUT2D eigenvalue weighted by molar-refractivity contribution is -0.130. The number of hydrogen-bond acceptors (Lipinski definition) is 4. The Balaban J connectivity index is 2.42. The van der Waals surface area contributed by atoms with E-state index in [2.05, 4.69) is 16.7 Å². The highest BCUT2D eigenvalue weighted by Crippen LogP contribution is 2.16. The average molecular weight is 238 g/mol. The van der Waals surface area contributed by atoms with Gasteiger partial charge in [-0.05, 0) is 33.7 Å². The summed E-state index contributed by atoms with van der Waals surface area (Å²) in [6, 6.07) is 1.96. The summed E-state index contributed by atoms with van der Waals surface area (Å²) >= 11 is 0. The molecule has 1 saturated heterocycles. The minimum absolute atomic E-state index is 0.0261. The Hall–Kier alpha value is -1.12. The summed E-state index contributed by atoms with van der Waals surface area (Å²) in [4.78, 5) is 13.6. The zero-order chi connectivity index (χ0) is 12.9. The van der Waals surface area contributed by atoms with Gasteiger partial charge in [0.2, 0.25) is 5.91 Å². The Labute approximate surface area is 103 Å². The van der Waals surface area contributed by atoms with Gasteiger partial charge in [0, 0.05) is 18.6 Å². The third kappa shape index (κ3) is 3.99. The lowest BCUT2D eigenvalue weighted by Gasteiger charge is -2.27. The van der Waals surface area contributed by atoms with Gasteiger partial charge in [0.1, 0.15) is 6.04 Å². The van der Waals surface area contributed by atoms with Crippen molar-refractivity contribution in [2.24, 2.45) is 0 Å². The topological polar surface area (TPSA) is 68.2 Å². The molecular formula is C12H22N4O. The number of carbonyl (C=O) groups is 1. The molecule has 1 amide bonds. The number of hydrogen-bond donors (Lipinski definition) is 2. The zero-order valence-electron chi connectivity index (χ0n) is 10.9. The van der Waals surface area contributed by atoms with Crippen LogP contribution < -0.4 is 10.6 Å². The smallest absolute Gasteiger partial charge is 0.237 e. The second-order valence-electron chi connectivity index (χ2n) is 5.14. The predicted octanol–water partition coefficient (Wildman–Crippen LogP) is 0.0886. The Morgan fingerprint density at radius 2 is 2.29 bits per heavy atom. The molecule has 1 unspecified atom stereocenters. The molecule has 1 aliphatic heterocycles. The molecule has 96 valence electrons. The van der Waals surface area contributed by atoms with Crippen molar-refractivity contribution in [2.75, 3.05) is 26.7 Å². The minimum atomic E-state index is -0.225. The fourth-order valence-corrected chi connectivity index (χ4v) is 2.12. The van der Waals surface area contributed by atoms with Gasteiger partial charge in [-0.3, -0.25) is 4.79 Å². The average Bonchev–Trinajstić information content (AvgIpc) is 2.74. The highest BCUT2D eigenvalue weighted by atomic mass is 16.2. The van der Waals surface area contributed by atoms with E-state index < -0.39 is 0 Å². The van der Waals surface area contributed by atoms with E-state index in [1.807, 2.05) is 20.9 Å². The van der Waals surface area contributed by atoms with E-state index in [4.69, 9.17) is 5.26 Å². The third-order valence-electron chi connectivity index (χ3n) is 3.06. The molecule has 5 heteroatoms. The number of nitriles is 1. The molecule has 1 atom stereocenters. The molecule has 17 heavy (non-hydrogen) atoms. The fraction of sp³-hybridized carbons (Fsp3) is 0.833. The SMILES string of the molecule is CNCC(C)(C)NCC(=O)N1CCCC1C#N. The summed E-state index contributed by atoms with van der Waals surface area (Å²) in [5, 5.41) is 15.2. The Morgan fingerprint density at radius 1 is 1.59 bits per heavy atom. The number of likely N-dealkylation sites (N-methyl/N-ethyl adjacent to an activating group) is 1. The van der Waals surface area contributed by atoms with Crippen LogP contribution in [0.4, 0.5) is 0 Å². The van der Waals surface area contributed by atoms with Gasteiger partial charge in [-0.1, -0.05) is 0 Å². The van der Waals surface area contributed by atoms with Crippen molar-refractivity contribution in [3.63, 3.8) is 0 Å². The first kappa shape index (κ1) is 13.9. The second-order valence-corrected chi connectivity index (χ2v) is 5.14. The largest absolute Gasteiger partial charge is 0.326 e. The number of nitrogens with zero attached hydrogens (tertiary/aromatic N) is 2. The maximum atomic E-state index is 12.0. The van der Waals surface area contributed by atoms with Crippen LogP contribution in [0.15, 0.2) is 0 Å². The van der Waals surface area contributed by atoms with Crippen molar-refractivity contribution >= 4 is 5.91 Å². The maximum absolute atomic E-state index is 12.0. The molecule has 2 N–H and O–H groups in total. The summed E-state index contributed by atoms with van der Waals surface area (Å²) < 4.78 is 0. The lowest BCUT2D eigenvalue weighted by atomic mass is 10.1. The van der Waals surface area contributed by atoms with Crippen LogP contribution in [0.3, 0.4) is 0 Å². The van der Waals surface area contributed by atoms with Gasteiger partial charge in [0.25, 0.3) is 0 Å². The number of carbonyl (C=O) groups excluding carboxylic acids is 1. The van der Waals surface area contributed by atoms with Gasteiger partial charge in [-0.2, -0.15) is 5.26 Å². The Kier molecular flexibility index (Phi) is 4.91. The van der Waals surface area contributed by atoms with Crippen LogP contribution in [0.5, 0.6) is 0 Å². The van der Waals surface area contributed by atoms with Crippen molar-refractivity contribution < 1.29 is 4.79 Å². The zero-order valence-corrected chi connectivity index (χ0v) is 10.9. The van der Waals surface area contributed by atoms with Gasteiger partial charge in [0.15, 0.2) is 0 Å². The van der Waals surface area contributed by atoms with Crippen LogP contribution in [0.1, 0.15) is 26.7 Å². The standard InChI is InChI=1S/C12H22N4O/c1-12(2,9-14-3)15-8-11(17)16-6-4-5-10(16)7-13/h10,14-15H,4-6,8-9H2,1-3H3. The second kappa shape index (κ2) is 5.99. The van der Waals surface area contributed by atoms with Gasteiger partial charge in [0.05, 0.1) is 12.6 Å². The number of rotatable bonds is 5. The van der Waals surface area contributed by atoms with Crippen LogP contribution in [0.2, 0.25) is 0 Å². The first-order valence-corrected chi connectivity index (χ1v) is 6.09. The van der Waals surface area contributed by atoms with Crippen molar-refractivity contribution in [3.8, 4) is 6.07 Å². The van der Waals surface area contributed by atoms with E-state index in [0.717, 1.165) is 19.4 Å². The van der Waals surface area contributed by atoms with E-state index in [1.165, 1.54) is 0 Å². The quantitative estimate of drug-likeness (QED) is 0.712. The van der Waals surface area contributed by atoms with Gasteiger partial charge in [-0.25, -0.2) is 0 Å². The summed E-state index contributed by atoms with van der Waals surface area (Å²) in [5.41, 5.74) is -0.119. The summed E-state index contributed by atoms with van der Waals surface area (Å²) in [5.74, 6) is 0.0261. The predicted molar refractivity (Wildman–Crippen MR) is 66.4 cm³/mol. The highest BCUT2D eigenvalue weighted by molar-refractivity contribution is 5.79. The van der Waals surface area contributed by atoms with Crippen LogP contribution >= 0.6 is 0 Å². The van der Waals surface area contributed by atoms with Crippen molar-refractivity contribution in [1.82, 2.24) is 15.5 Å². The molecule has 1 fully saturated rings. The van der Waals surface area contributed by atoms with E-state index in [1.54, 1.807) is 4.90 Å². The Morgan fingerprint density at radius 3 is 2.88 bits per heavy atom. The molecule has 0 radical (unpaired) electrons. The molecule has 0 aromatic carbocycles. The van der Waals surface area contributed by atoms with Crippen LogP contribution in [0, 0.1) is 11.3 Å². The number of nitrogens with one attached hydrogen (secondary N) is 2. The summed E-state index contributed by atoms with van der Waals surface area (Å²) in [6.07, 6.45) is 1.74. The molecule has 1 aliphatic rings. The molecular weight excluding hydrogens is 216 g/mol. The molecule has 1 heterocycles. The molecule has 0 spiro atoms. The lowest BCUT2D eigenvalue weighted by Crippen LogP contribution is -2.51. The monoisotopic (exact) mass is 238 g/mol. The van der Waals surface area contributed by atoms with Crippen LogP contribution in [0.25, 0.3) is 0 Å². The third-order valence-corrected chi connectivity index (χ3v) is 3.06. The maximum Gasteiger partial charge on any atom is 0.237 e. The van der Waals surface area contributed by atoms with E-state index in [-0.39, 0.29) is 17.5 Å². The van der Waals surface area contributed by atoms with Crippen LogP contribution in [-0.2, 0) is 4.79 Å². The van der Waals surface area contributed by atoms with Gasteiger partial charge >= 0.3 is 0 Å². The van der Waals surface area contributed by atoms with Gasteiger partial charge in [-0.15, -0.1) is 0 Å². The van der Waals surface area contributed by atoms with Crippen molar-refractivity contribution in [3.05, 3.63) is 0 Å². The molecule has 0 saturated carbocycles. The van der Waals surface area contributed by atoms with Crippen molar-refractivity contribution in [1.29, 1.82) is 5.26 Å². The summed E-state index contributed by atoms with van der Waals surface area (Å²) in [6.45, 7) is 5.89. The minimum Gasteiger partial charge on any atom is -0.326 e. The van der Waals surface area contributed by atoms with E-state index in [9.17, 15) is 4.79 Å². The normalized spacial score (nSPS) is 20.4. The highest BCUT2D eigenvalue weighted by Gasteiger charge is 2.29. The molecule has 5 nitrogen and oxygen atoms in total. The first-order chi connectivity index (χ1) is 8.00. The van der Waals surface area contributed by atoms with Gasteiger partial charge < -0.3 is 15.5 Å².